The molecule has 1 N–H and O–H groups in total. The standard InChI is InChI=1S/C13H12FNO/c14-11-5-3-4-10(8-11)13(16)9-12-6-1-2-7-15-12/h1-8,13,16H,9H2. The molecule has 1 aromatic heterocycles. The molecule has 0 saturated carbocycles. The normalized spacial score (nSPS) is 12.4. The van der Waals surface area contributed by atoms with Crippen molar-refractivity contribution >= 4 is 0 Å². The number of aliphatic hydroxyl groups excluding tert-OH is 1. The largest absolute Gasteiger partial charge is 0.388 e. The minimum atomic E-state index is -0.717. The van der Waals surface area contributed by atoms with Crippen LogP contribution in [0.4, 0.5) is 4.39 Å². The van der Waals surface area contributed by atoms with E-state index in [0.29, 0.717) is 12.0 Å². The number of nitrogens with zero attached hydrogens (tertiary/aromatic N) is 1. The molecule has 1 aromatic carbocycles. The van der Waals surface area contributed by atoms with E-state index < -0.39 is 6.10 Å². The summed E-state index contributed by atoms with van der Waals surface area (Å²) in [6.07, 6.45) is 1.35. The Bertz CT molecular complexity index is 458. The topological polar surface area (TPSA) is 33.1 Å². The van der Waals surface area contributed by atoms with Gasteiger partial charge in [0, 0.05) is 18.3 Å². The fourth-order valence-electron chi connectivity index (χ4n) is 1.55. The molecule has 0 amide bonds. The molecule has 0 saturated heterocycles. The molecule has 0 fully saturated rings. The van der Waals surface area contributed by atoms with Gasteiger partial charge in [0.25, 0.3) is 0 Å². The highest BCUT2D eigenvalue weighted by atomic mass is 19.1. The van der Waals surface area contributed by atoms with Crippen molar-refractivity contribution in [2.75, 3.05) is 0 Å². The highest BCUT2D eigenvalue weighted by Crippen LogP contribution is 2.17. The second kappa shape index (κ2) is 4.86. The molecular weight excluding hydrogens is 205 g/mol. The van der Waals surface area contributed by atoms with Gasteiger partial charge < -0.3 is 5.11 Å². The van der Waals surface area contributed by atoms with Crippen molar-refractivity contribution < 1.29 is 9.50 Å². The van der Waals surface area contributed by atoms with Crippen molar-refractivity contribution in [2.45, 2.75) is 12.5 Å². The number of benzene rings is 1. The summed E-state index contributed by atoms with van der Waals surface area (Å²) in [5.74, 6) is -0.336. The SMILES string of the molecule is OC(Cc1ccccn1)c1cccc(F)c1. The summed E-state index contributed by atoms with van der Waals surface area (Å²) in [5, 5.41) is 9.89. The van der Waals surface area contributed by atoms with Crippen LogP contribution >= 0.6 is 0 Å². The van der Waals surface area contributed by atoms with E-state index >= 15 is 0 Å². The first kappa shape index (κ1) is 10.8. The Morgan fingerprint density at radius 2 is 2.06 bits per heavy atom. The molecule has 0 spiro atoms. The highest BCUT2D eigenvalue weighted by molar-refractivity contribution is 5.20. The van der Waals surface area contributed by atoms with Crippen LogP contribution in [0.15, 0.2) is 48.7 Å². The smallest absolute Gasteiger partial charge is 0.123 e. The number of aromatic nitrogens is 1. The Kier molecular flexibility index (Phi) is 3.27. The lowest BCUT2D eigenvalue weighted by molar-refractivity contribution is 0.177. The van der Waals surface area contributed by atoms with Crippen molar-refractivity contribution in [3.8, 4) is 0 Å². The monoisotopic (exact) mass is 217 g/mol. The third-order valence-electron chi connectivity index (χ3n) is 2.36. The third-order valence-corrected chi connectivity index (χ3v) is 2.36. The number of hydrogen-bond donors (Lipinski definition) is 1. The van der Waals surface area contributed by atoms with Crippen molar-refractivity contribution in [1.29, 1.82) is 0 Å². The van der Waals surface area contributed by atoms with E-state index in [2.05, 4.69) is 4.98 Å². The van der Waals surface area contributed by atoms with Crippen LogP contribution in [-0.4, -0.2) is 10.1 Å². The summed E-state index contributed by atoms with van der Waals surface area (Å²) >= 11 is 0. The summed E-state index contributed by atoms with van der Waals surface area (Å²) in [6.45, 7) is 0. The van der Waals surface area contributed by atoms with Gasteiger partial charge in [0.2, 0.25) is 0 Å². The van der Waals surface area contributed by atoms with Crippen LogP contribution in [0.1, 0.15) is 17.4 Å². The molecule has 0 aliphatic carbocycles. The lowest BCUT2D eigenvalue weighted by Gasteiger charge is -2.10. The fraction of sp³-hybridized carbons (Fsp3) is 0.154. The van der Waals surface area contributed by atoms with Gasteiger partial charge >= 0.3 is 0 Å². The molecule has 0 aliphatic heterocycles. The van der Waals surface area contributed by atoms with Gasteiger partial charge in [-0.15, -0.1) is 0 Å². The van der Waals surface area contributed by atoms with Gasteiger partial charge in [0.15, 0.2) is 0 Å². The average Bonchev–Trinajstić information content (AvgIpc) is 2.30. The minimum absolute atomic E-state index is 0.336. The maximum absolute atomic E-state index is 12.9. The van der Waals surface area contributed by atoms with Gasteiger partial charge in [0.05, 0.1) is 6.10 Å². The lowest BCUT2D eigenvalue weighted by atomic mass is 10.0. The first-order valence-corrected chi connectivity index (χ1v) is 5.09. The summed E-state index contributed by atoms with van der Waals surface area (Å²) < 4.78 is 12.9. The molecular formula is C13H12FNO. The summed E-state index contributed by atoms with van der Waals surface area (Å²) in [6, 6.07) is 11.5. The molecule has 1 atom stereocenters. The van der Waals surface area contributed by atoms with Crippen LogP contribution in [0.25, 0.3) is 0 Å². The van der Waals surface area contributed by atoms with E-state index in [1.54, 1.807) is 18.3 Å². The Balaban J connectivity index is 2.12. The van der Waals surface area contributed by atoms with Crippen LogP contribution in [0.5, 0.6) is 0 Å². The zero-order chi connectivity index (χ0) is 11.4. The Labute approximate surface area is 93.4 Å². The maximum Gasteiger partial charge on any atom is 0.123 e. The molecule has 1 unspecified atom stereocenters. The first-order valence-electron chi connectivity index (χ1n) is 5.09. The average molecular weight is 217 g/mol. The van der Waals surface area contributed by atoms with Crippen molar-refractivity contribution in [3.63, 3.8) is 0 Å². The molecule has 3 heteroatoms. The van der Waals surface area contributed by atoms with Gasteiger partial charge in [-0.2, -0.15) is 0 Å². The summed E-state index contributed by atoms with van der Waals surface area (Å²) in [5.41, 5.74) is 1.37. The number of pyridine rings is 1. The number of aliphatic hydroxyl groups is 1. The lowest BCUT2D eigenvalue weighted by Crippen LogP contribution is -2.03. The quantitative estimate of drug-likeness (QED) is 0.856. The predicted octanol–water partition coefficient (Wildman–Crippen LogP) is 2.50. The molecule has 2 nitrogen and oxygen atoms in total. The summed E-state index contributed by atoms with van der Waals surface area (Å²) in [4.78, 5) is 4.11. The predicted molar refractivity (Wildman–Crippen MR) is 59.3 cm³/mol. The minimum Gasteiger partial charge on any atom is -0.388 e. The van der Waals surface area contributed by atoms with Crippen molar-refractivity contribution in [1.82, 2.24) is 4.98 Å². The van der Waals surface area contributed by atoms with Gasteiger partial charge in [0.1, 0.15) is 5.82 Å². The Morgan fingerprint density at radius 1 is 1.19 bits per heavy atom. The molecule has 0 aliphatic rings. The number of halogens is 1. The van der Waals surface area contributed by atoms with E-state index in [0.717, 1.165) is 5.69 Å². The molecule has 2 rings (SSSR count). The van der Waals surface area contributed by atoms with E-state index in [1.807, 2.05) is 18.2 Å². The molecule has 2 aromatic rings. The van der Waals surface area contributed by atoms with Crippen LogP contribution < -0.4 is 0 Å². The van der Waals surface area contributed by atoms with Crippen LogP contribution in [-0.2, 0) is 6.42 Å². The van der Waals surface area contributed by atoms with Crippen molar-refractivity contribution in [2.24, 2.45) is 0 Å². The zero-order valence-electron chi connectivity index (χ0n) is 8.68. The third kappa shape index (κ3) is 2.64. The zero-order valence-corrected chi connectivity index (χ0v) is 8.68. The van der Waals surface area contributed by atoms with E-state index in [1.165, 1.54) is 12.1 Å². The van der Waals surface area contributed by atoms with Crippen molar-refractivity contribution in [3.05, 3.63) is 65.7 Å². The highest BCUT2D eigenvalue weighted by Gasteiger charge is 2.09. The molecule has 1 heterocycles. The maximum atomic E-state index is 12.9. The second-order valence-electron chi connectivity index (χ2n) is 3.60. The van der Waals surface area contributed by atoms with Gasteiger partial charge in [-0.25, -0.2) is 4.39 Å². The van der Waals surface area contributed by atoms with E-state index in [9.17, 15) is 9.50 Å². The number of hydrogen-bond acceptors (Lipinski definition) is 2. The second-order valence-corrected chi connectivity index (χ2v) is 3.60. The van der Waals surface area contributed by atoms with Crippen LogP contribution in [0, 0.1) is 5.82 Å². The molecule has 0 radical (unpaired) electrons. The molecule has 0 bridgehead atoms. The van der Waals surface area contributed by atoms with E-state index in [4.69, 9.17) is 0 Å². The molecule has 82 valence electrons. The first-order chi connectivity index (χ1) is 7.75. The Hall–Kier alpha value is -1.74. The number of rotatable bonds is 3. The van der Waals surface area contributed by atoms with Crippen LogP contribution in [0.3, 0.4) is 0 Å². The van der Waals surface area contributed by atoms with Gasteiger partial charge in [-0.1, -0.05) is 18.2 Å². The summed E-state index contributed by atoms with van der Waals surface area (Å²) in [7, 11) is 0. The fourth-order valence-corrected chi connectivity index (χ4v) is 1.55. The van der Waals surface area contributed by atoms with Gasteiger partial charge in [-0.3, -0.25) is 4.98 Å². The van der Waals surface area contributed by atoms with Crippen LogP contribution in [0.2, 0.25) is 0 Å². The molecule has 16 heavy (non-hydrogen) atoms. The van der Waals surface area contributed by atoms with Gasteiger partial charge in [-0.05, 0) is 29.8 Å². The van der Waals surface area contributed by atoms with E-state index in [-0.39, 0.29) is 5.82 Å². The Morgan fingerprint density at radius 3 is 2.75 bits per heavy atom.